The van der Waals surface area contributed by atoms with E-state index >= 15 is 0 Å². The zero-order valence-electron chi connectivity index (χ0n) is 12.3. The average molecular weight is 329 g/mol. The van der Waals surface area contributed by atoms with Gasteiger partial charge in [0.05, 0.1) is 24.3 Å². The van der Waals surface area contributed by atoms with Gasteiger partial charge in [0.1, 0.15) is 0 Å². The molecule has 0 bridgehead atoms. The molecule has 3 rings (SSSR count). The van der Waals surface area contributed by atoms with Crippen molar-refractivity contribution < 1.29 is 27.1 Å². The normalized spacial score (nSPS) is 21.7. The monoisotopic (exact) mass is 329 g/mol. The predicted octanol–water partition coefficient (Wildman–Crippen LogP) is 2.80. The average Bonchev–Trinajstić information content (AvgIpc) is 3.16. The van der Waals surface area contributed by atoms with Gasteiger partial charge in [-0.05, 0) is 13.0 Å². The Labute approximate surface area is 129 Å². The van der Waals surface area contributed by atoms with Crippen molar-refractivity contribution in [1.82, 2.24) is 15.2 Å². The van der Waals surface area contributed by atoms with E-state index in [1.807, 2.05) is 6.92 Å². The molecule has 2 aromatic rings. The maximum Gasteiger partial charge on any atom is 0.418 e. The Bertz CT molecular complexity index is 681. The zero-order valence-corrected chi connectivity index (χ0v) is 12.3. The summed E-state index contributed by atoms with van der Waals surface area (Å²) in [6.45, 7) is 2.89. The van der Waals surface area contributed by atoms with Crippen molar-refractivity contribution in [2.75, 3.05) is 19.8 Å². The first-order valence-corrected chi connectivity index (χ1v) is 7.03. The molecule has 0 N–H and O–H groups in total. The van der Waals surface area contributed by atoms with Crippen LogP contribution in [0.5, 0.6) is 0 Å². The van der Waals surface area contributed by atoms with E-state index in [0.29, 0.717) is 19.6 Å². The second-order valence-corrected chi connectivity index (χ2v) is 5.06. The fourth-order valence-electron chi connectivity index (χ4n) is 2.49. The molecule has 0 aromatic carbocycles. The van der Waals surface area contributed by atoms with Gasteiger partial charge in [-0.25, -0.2) is 0 Å². The van der Waals surface area contributed by atoms with Crippen LogP contribution < -0.4 is 0 Å². The lowest BCUT2D eigenvalue weighted by Gasteiger charge is -2.22. The number of pyridine rings is 1. The molecule has 1 aliphatic rings. The Morgan fingerprint density at radius 1 is 1.35 bits per heavy atom. The van der Waals surface area contributed by atoms with Crippen LogP contribution >= 0.6 is 0 Å². The first kappa shape index (κ1) is 15.9. The van der Waals surface area contributed by atoms with Gasteiger partial charge in [0.25, 0.3) is 5.89 Å². The van der Waals surface area contributed by atoms with E-state index in [9.17, 15) is 13.2 Å². The molecule has 0 spiro atoms. The molecule has 1 fully saturated rings. The van der Waals surface area contributed by atoms with Gasteiger partial charge < -0.3 is 13.9 Å². The minimum Gasteiger partial charge on any atom is -0.417 e. The van der Waals surface area contributed by atoms with Crippen LogP contribution in [-0.4, -0.2) is 35.0 Å². The van der Waals surface area contributed by atoms with Crippen LogP contribution in [0, 0.1) is 0 Å². The molecule has 2 aromatic heterocycles. The molecular weight excluding hydrogens is 315 g/mol. The molecule has 1 saturated heterocycles. The molecule has 1 unspecified atom stereocenters. The first-order chi connectivity index (χ1) is 11.0. The Morgan fingerprint density at radius 3 is 2.83 bits per heavy atom. The van der Waals surface area contributed by atoms with E-state index in [4.69, 9.17) is 13.9 Å². The fraction of sp³-hybridized carbons (Fsp3) is 0.500. The lowest BCUT2D eigenvalue weighted by Crippen LogP contribution is -2.30. The fourth-order valence-corrected chi connectivity index (χ4v) is 2.49. The van der Waals surface area contributed by atoms with Crippen molar-refractivity contribution in [2.24, 2.45) is 0 Å². The summed E-state index contributed by atoms with van der Waals surface area (Å²) < 4.78 is 55.7. The second-order valence-electron chi connectivity index (χ2n) is 5.06. The number of nitrogens with zero attached hydrogens (tertiary/aromatic N) is 3. The number of alkyl halides is 3. The quantitative estimate of drug-likeness (QED) is 0.859. The highest BCUT2D eigenvalue weighted by atomic mass is 19.4. The number of rotatable bonds is 4. The van der Waals surface area contributed by atoms with Gasteiger partial charge in [-0.3, -0.25) is 4.98 Å². The van der Waals surface area contributed by atoms with Gasteiger partial charge in [0.15, 0.2) is 5.60 Å². The van der Waals surface area contributed by atoms with Crippen molar-refractivity contribution in [2.45, 2.75) is 25.1 Å². The molecule has 0 radical (unpaired) electrons. The summed E-state index contributed by atoms with van der Waals surface area (Å²) in [5, 5.41) is 7.63. The number of halogens is 3. The summed E-state index contributed by atoms with van der Waals surface area (Å²) in [5.74, 6) is -0.0995. The highest BCUT2D eigenvalue weighted by Crippen LogP contribution is 2.38. The highest BCUT2D eigenvalue weighted by Gasteiger charge is 2.43. The van der Waals surface area contributed by atoms with Gasteiger partial charge in [0.2, 0.25) is 5.89 Å². The maximum atomic E-state index is 13.1. The van der Waals surface area contributed by atoms with Crippen LogP contribution in [0.1, 0.15) is 24.8 Å². The number of ether oxygens (including phenoxy) is 2. The van der Waals surface area contributed by atoms with E-state index in [1.54, 1.807) is 0 Å². The molecule has 0 amide bonds. The van der Waals surface area contributed by atoms with Crippen molar-refractivity contribution in [3.63, 3.8) is 0 Å². The van der Waals surface area contributed by atoms with Crippen LogP contribution in [-0.2, 0) is 21.3 Å². The second kappa shape index (κ2) is 5.89. The predicted molar refractivity (Wildman–Crippen MR) is 71.3 cm³/mol. The Morgan fingerprint density at radius 2 is 2.17 bits per heavy atom. The molecular formula is C14H14F3N3O3. The molecule has 9 heteroatoms. The van der Waals surface area contributed by atoms with Gasteiger partial charge in [-0.1, -0.05) is 0 Å². The van der Waals surface area contributed by atoms with E-state index in [0.717, 1.165) is 6.20 Å². The van der Waals surface area contributed by atoms with Crippen molar-refractivity contribution in [3.8, 4) is 11.5 Å². The summed E-state index contributed by atoms with van der Waals surface area (Å²) in [5.41, 5.74) is -2.04. The molecule has 0 saturated carbocycles. The maximum absolute atomic E-state index is 13.1. The minimum atomic E-state index is -4.56. The van der Waals surface area contributed by atoms with Crippen molar-refractivity contribution >= 4 is 0 Å². The van der Waals surface area contributed by atoms with Gasteiger partial charge in [-0.2, -0.15) is 13.2 Å². The molecule has 1 atom stereocenters. The van der Waals surface area contributed by atoms with Gasteiger partial charge in [-0.15, -0.1) is 10.2 Å². The van der Waals surface area contributed by atoms with Crippen LogP contribution in [0.3, 0.4) is 0 Å². The largest absolute Gasteiger partial charge is 0.418 e. The summed E-state index contributed by atoms with van der Waals surface area (Å²) >= 11 is 0. The standard InChI is InChI=1S/C14H14F3N3O3/c1-2-22-13(4-6-21-8-13)12-20-19-11(23-12)9-3-5-18-7-10(9)14(15,16)17/h3,5,7H,2,4,6,8H2,1H3. The van der Waals surface area contributed by atoms with Crippen molar-refractivity contribution in [3.05, 3.63) is 29.9 Å². The SMILES string of the molecule is CCOC1(c2nnc(-c3ccncc3C(F)(F)F)o2)CCOC1. The molecule has 124 valence electrons. The lowest BCUT2D eigenvalue weighted by atomic mass is 10.0. The molecule has 6 nitrogen and oxygen atoms in total. The first-order valence-electron chi connectivity index (χ1n) is 7.03. The summed E-state index contributed by atoms with van der Waals surface area (Å²) in [6.07, 6.45) is -2.08. The number of hydrogen-bond acceptors (Lipinski definition) is 6. The van der Waals surface area contributed by atoms with Crippen LogP contribution in [0.25, 0.3) is 11.5 Å². The Balaban J connectivity index is 2.00. The third kappa shape index (κ3) is 2.93. The van der Waals surface area contributed by atoms with E-state index in [-0.39, 0.29) is 24.0 Å². The van der Waals surface area contributed by atoms with Gasteiger partial charge in [0, 0.05) is 25.4 Å². The Kier molecular flexibility index (Phi) is 4.07. The zero-order chi connectivity index (χ0) is 16.5. The third-order valence-electron chi connectivity index (χ3n) is 3.58. The van der Waals surface area contributed by atoms with E-state index < -0.39 is 17.3 Å². The molecule has 23 heavy (non-hydrogen) atoms. The van der Waals surface area contributed by atoms with E-state index in [1.165, 1.54) is 12.3 Å². The summed E-state index contributed by atoms with van der Waals surface area (Å²) in [6, 6.07) is 1.19. The number of hydrogen-bond donors (Lipinski definition) is 0. The van der Waals surface area contributed by atoms with Crippen LogP contribution in [0.4, 0.5) is 13.2 Å². The summed E-state index contributed by atoms with van der Waals surface area (Å²) in [4.78, 5) is 3.51. The molecule has 1 aliphatic heterocycles. The smallest absolute Gasteiger partial charge is 0.417 e. The minimum absolute atomic E-state index is 0.122. The third-order valence-corrected chi connectivity index (χ3v) is 3.58. The van der Waals surface area contributed by atoms with Crippen LogP contribution in [0.15, 0.2) is 22.9 Å². The van der Waals surface area contributed by atoms with E-state index in [2.05, 4.69) is 15.2 Å². The van der Waals surface area contributed by atoms with Crippen molar-refractivity contribution in [1.29, 1.82) is 0 Å². The lowest BCUT2D eigenvalue weighted by molar-refractivity contribution is -0.137. The number of aromatic nitrogens is 3. The Hall–Kier alpha value is -2.00. The van der Waals surface area contributed by atoms with Gasteiger partial charge >= 0.3 is 6.18 Å². The topological polar surface area (TPSA) is 70.3 Å². The summed E-state index contributed by atoms with van der Waals surface area (Å²) in [7, 11) is 0. The van der Waals surface area contributed by atoms with Crippen LogP contribution in [0.2, 0.25) is 0 Å². The molecule has 0 aliphatic carbocycles. The molecule has 3 heterocycles. The highest BCUT2D eigenvalue weighted by molar-refractivity contribution is 5.58.